The van der Waals surface area contributed by atoms with E-state index in [1.165, 1.54) is 38.5 Å². The van der Waals surface area contributed by atoms with E-state index in [9.17, 15) is 4.79 Å². The van der Waals surface area contributed by atoms with Crippen LogP contribution in [0.15, 0.2) is 0 Å². The van der Waals surface area contributed by atoms with Gasteiger partial charge in [0.05, 0.1) is 0 Å². The van der Waals surface area contributed by atoms with Gasteiger partial charge in [-0.1, -0.05) is 33.6 Å². The van der Waals surface area contributed by atoms with Crippen molar-refractivity contribution in [2.45, 2.75) is 65.3 Å². The molecule has 3 nitrogen and oxygen atoms in total. The van der Waals surface area contributed by atoms with E-state index in [0.29, 0.717) is 6.04 Å². The molecule has 1 aliphatic carbocycles. The van der Waals surface area contributed by atoms with E-state index >= 15 is 0 Å². The van der Waals surface area contributed by atoms with Crippen LogP contribution in [-0.2, 0) is 4.79 Å². The average molecular weight is 254 g/mol. The zero-order valence-electron chi connectivity index (χ0n) is 12.3. The Kier molecular flexibility index (Phi) is 7.33. The van der Waals surface area contributed by atoms with Crippen molar-refractivity contribution in [2.24, 2.45) is 11.8 Å². The van der Waals surface area contributed by atoms with Crippen molar-refractivity contribution in [1.82, 2.24) is 10.6 Å². The fourth-order valence-corrected chi connectivity index (χ4v) is 2.73. The molecule has 0 unspecified atom stereocenters. The topological polar surface area (TPSA) is 41.1 Å². The second kappa shape index (κ2) is 8.52. The lowest BCUT2D eigenvalue weighted by Crippen LogP contribution is -2.39. The maximum absolute atomic E-state index is 11.4. The van der Waals surface area contributed by atoms with Crippen molar-refractivity contribution in [1.29, 1.82) is 0 Å². The van der Waals surface area contributed by atoms with Crippen LogP contribution in [0.5, 0.6) is 0 Å². The molecule has 18 heavy (non-hydrogen) atoms. The molecule has 0 saturated heterocycles. The molecule has 0 atom stereocenters. The Morgan fingerprint density at radius 3 is 2.39 bits per heavy atom. The Morgan fingerprint density at radius 2 is 1.83 bits per heavy atom. The molecule has 0 aromatic heterocycles. The van der Waals surface area contributed by atoms with Crippen LogP contribution in [0.25, 0.3) is 0 Å². The molecule has 0 aliphatic heterocycles. The summed E-state index contributed by atoms with van der Waals surface area (Å²) >= 11 is 0. The van der Waals surface area contributed by atoms with Crippen LogP contribution in [0, 0.1) is 11.8 Å². The van der Waals surface area contributed by atoms with Crippen LogP contribution in [0.3, 0.4) is 0 Å². The van der Waals surface area contributed by atoms with Gasteiger partial charge in [0.25, 0.3) is 0 Å². The molecule has 1 fully saturated rings. The second-order valence-corrected chi connectivity index (χ2v) is 5.91. The highest BCUT2D eigenvalue weighted by Gasteiger charge is 2.19. The zero-order chi connectivity index (χ0) is 13.4. The third-order valence-corrected chi connectivity index (χ3v) is 3.93. The van der Waals surface area contributed by atoms with E-state index in [1.807, 2.05) is 13.8 Å². The minimum absolute atomic E-state index is 0.0921. The quantitative estimate of drug-likeness (QED) is 0.686. The molecule has 0 aromatic rings. The maximum atomic E-state index is 11.4. The third-order valence-electron chi connectivity index (χ3n) is 3.93. The van der Waals surface area contributed by atoms with E-state index in [1.54, 1.807) is 0 Å². The maximum Gasteiger partial charge on any atom is 0.222 e. The molecule has 0 aromatic carbocycles. The van der Waals surface area contributed by atoms with Crippen LogP contribution in [-0.4, -0.2) is 25.0 Å². The smallest absolute Gasteiger partial charge is 0.222 e. The minimum atomic E-state index is 0.0921. The Morgan fingerprint density at radius 1 is 1.17 bits per heavy atom. The first-order valence-corrected chi connectivity index (χ1v) is 7.64. The molecular weight excluding hydrogens is 224 g/mol. The summed E-state index contributed by atoms with van der Waals surface area (Å²) < 4.78 is 0. The predicted octanol–water partition coefficient (Wildman–Crippen LogP) is 2.71. The lowest BCUT2D eigenvalue weighted by molar-refractivity contribution is -0.123. The number of nitrogens with one attached hydrogen (secondary N) is 2. The number of rotatable bonds is 7. The fourth-order valence-electron chi connectivity index (χ4n) is 2.73. The molecule has 106 valence electrons. The monoisotopic (exact) mass is 254 g/mol. The first kappa shape index (κ1) is 15.5. The molecule has 3 heteroatoms. The van der Waals surface area contributed by atoms with Gasteiger partial charge in [-0.3, -0.25) is 4.79 Å². The van der Waals surface area contributed by atoms with Gasteiger partial charge in [-0.15, -0.1) is 0 Å². The SMILES string of the molecule is CCCC1CCC(NCCNC(=O)C(C)C)CC1. The number of amides is 1. The van der Waals surface area contributed by atoms with Gasteiger partial charge in [0.2, 0.25) is 5.91 Å². The number of carbonyl (C=O) groups excluding carboxylic acids is 1. The van der Waals surface area contributed by atoms with Gasteiger partial charge in [-0.2, -0.15) is 0 Å². The first-order chi connectivity index (χ1) is 8.63. The van der Waals surface area contributed by atoms with E-state index < -0.39 is 0 Å². The highest BCUT2D eigenvalue weighted by Crippen LogP contribution is 2.27. The van der Waals surface area contributed by atoms with Crippen LogP contribution in [0.2, 0.25) is 0 Å². The summed E-state index contributed by atoms with van der Waals surface area (Å²) in [6, 6.07) is 0.675. The van der Waals surface area contributed by atoms with Crippen molar-refractivity contribution in [3.8, 4) is 0 Å². The van der Waals surface area contributed by atoms with Gasteiger partial charge in [0, 0.05) is 25.0 Å². The number of hydrogen-bond acceptors (Lipinski definition) is 2. The normalized spacial score (nSPS) is 24.2. The molecule has 1 rings (SSSR count). The summed E-state index contributed by atoms with van der Waals surface area (Å²) in [4.78, 5) is 11.4. The lowest BCUT2D eigenvalue weighted by atomic mass is 9.83. The molecule has 1 aliphatic rings. The van der Waals surface area contributed by atoms with Crippen LogP contribution in [0.1, 0.15) is 59.3 Å². The molecular formula is C15H30N2O. The second-order valence-electron chi connectivity index (χ2n) is 5.91. The molecule has 0 heterocycles. The summed E-state index contributed by atoms with van der Waals surface area (Å²) in [6.07, 6.45) is 8.10. The van der Waals surface area contributed by atoms with E-state index in [-0.39, 0.29) is 11.8 Å². The Balaban J connectivity index is 2.02. The minimum Gasteiger partial charge on any atom is -0.355 e. The molecule has 2 N–H and O–H groups in total. The van der Waals surface area contributed by atoms with Gasteiger partial charge in [0.15, 0.2) is 0 Å². The van der Waals surface area contributed by atoms with Gasteiger partial charge in [0.1, 0.15) is 0 Å². The van der Waals surface area contributed by atoms with Crippen LogP contribution in [0.4, 0.5) is 0 Å². The molecule has 0 radical (unpaired) electrons. The summed E-state index contributed by atoms with van der Waals surface area (Å²) in [5.41, 5.74) is 0. The van der Waals surface area contributed by atoms with Gasteiger partial charge >= 0.3 is 0 Å². The summed E-state index contributed by atoms with van der Waals surface area (Å²) in [6.45, 7) is 7.80. The molecule has 0 bridgehead atoms. The van der Waals surface area contributed by atoms with Crippen molar-refractivity contribution < 1.29 is 4.79 Å². The van der Waals surface area contributed by atoms with Crippen molar-refractivity contribution in [3.63, 3.8) is 0 Å². The Labute approximate surface area is 112 Å². The van der Waals surface area contributed by atoms with E-state index in [2.05, 4.69) is 17.6 Å². The van der Waals surface area contributed by atoms with Crippen molar-refractivity contribution >= 4 is 5.91 Å². The lowest BCUT2D eigenvalue weighted by Gasteiger charge is -2.29. The summed E-state index contributed by atoms with van der Waals surface area (Å²) in [7, 11) is 0. The number of carbonyl (C=O) groups is 1. The Hall–Kier alpha value is -0.570. The van der Waals surface area contributed by atoms with Crippen LogP contribution < -0.4 is 10.6 Å². The van der Waals surface area contributed by atoms with Crippen molar-refractivity contribution in [2.75, 3.05) is 13.1 Å². The zero-order valence-corrected chi connectivity index (χ0v) is 12.3. The Bertz CT molecular complexity index is 233. The third kappa shape index (κ3) is 5.85. The summed E-state index contributed by atoms with van der Waals surface area (Å²) in [5, 5.41) is 6.51. The van der Waals surface area contributed by atoms with Gasteiger partial charge in [-0.05, 0) is 31.6 Å². The standard InChI is InChI=1S/C15H30N2O/c1-4-5-13-6-8-14(9-7-13)16-10-11-17-15(18)12(2)3/h12-14,16H,4-11H2,1-3H3,(H,17,18). The van der Waals surface area contributed by atoms with Gasteiger partial charge in [-0.25, -0.2) is 0 Å². The number of hydrogen-bond donors (Lipinski definition) is 2. The van der Waals surface area contributed by atoms with E-state index in [4.69, 9.17) is 0 Å². The molecule has 1 amide bonds. The largest absolute Gasteiger partial charge is 0.355 e. The van der Waals surface area contributed by atoms with Gasteiger partial charge < -0.3 is 10.6 Å². The highest BCUT2D eigenvalue weighted by atomic mass is 16.1. The fraction of sp³-hybridized carbons (Fsp3) is 0.933. The predicted molar refractivity (Wildman–Crippen MR) is 76.5 cm³/mol. The average Bonchev–Trinajstić information content (AvgIpc) is 2.36. The molecule has 1 saturated carbocycles. The summed E-state index contributed by atoms with van der Waals surface area (Å²) in [5.74, 6) is 1.21. The highest BCUT2D eigenvalue weighted by molar-refractivity contribution is 5.77. The van der Waals surface area contributed by atoms with Crippen LogP contribution >= 0.6 is 0 Å². The van der Waals surface area contributed by atoms with E-state index in [0.717, 1.165) is 19.0 Å². The molecule has 0 spiro atoms. The van der Waals surface area contributed by atoms with Crippen molar-refractivity contribution in [3.05, 3.63) is 0 Å². The first-order valence-electron chi connectivity index (χ1n) is 7.64.